The molecule has 0 aliphatic carbocycles. The van der Waals surface area contributed by atoms with E-state index in [1.54, 1.807) is 13.0 Å². The molecule has 0 fully saturated rings. The number of aromatic amines is 1. The normalized spacial score (nSPS) is 11.8. The van der Waals surface area contributed by atoms with Crippen molar-refractivity contribution in [3.63, 3.8) is 0 Å². The fourth-order valence-corrected chi connectivity index (χ4v) is 4.00. The summed E-state index contributed by atoms with van der Waals surface area (Å²) in [5.74, 6) is -0.249. The number of esters is 1. The maximum absolute atomic E-state index is 12.6. The topological polar surface area (TPSA) is 81.3 Å². The average Bonchev–Trinajstić information content (AvgIpc) is 2.99. The van der Waals surface area contributed by atoms with Crippen LogP contribution in [-0.2, 0) is 9.47 Å². The molecule has 0 aliphatic heterocycles. The molecular formula is C20H19ClN2O4S. The number of rotatable bonds is 6. The summed E-state index contributed by atoms with van der Waals surface area (Å²) in [5.41, 5.74) is 2.19. The predicted octanol–water partition coefficient (Wildman–Crippen LogP) is 4.14. The molecule has 0 aliphatic rings. The zero-order valence-corrected chi connectivity index (χ0v) is 17.2. The van der Waals surface area contributed by atoms with E-state index in [4.69, 9.17) is 21.1 Å². The Hall–Kier alpha value is -2.48. The molecule has 0 atom stereocenters. The second kappa shape index (κ2) is 8.68. The Morgan fingerprint density at radius 2 is 2.11 bits per heavy atom. The highest BCUT2D eigenvalue weighted by Gasteiger charge is 2.20. The number of carbonyl (C=O) groups excluding carboxylic acids is 1. The maximum atomic E-state index is 12.6. The molecule has 0 spiro atoms. The minimum Gasteiger partial charge on any atom is -0.459 e. The summed E-state index contributed by atoms with van der Waals surface area (Å²) in [7, 11) is 1.53. The number of benzene rings is 1. The summed E-state index contributed by atoms with van der Waals surface area (Å²) in [6.45, 7) is 4.13. The third-order valence-electron chi connectivity index (χ3n) is 4.07. The quantitative estimate of drug-likeness (QED) is 0.480. The van der Waals surface area contributed by atoms with E-state index in [9.17, 15) is 9.59 Å². The van der Waals surface area contributed by atoms with Crippen LogP contribution in [-0.4, -0.2) is 36.3 Å². The smallest absolute Gasteiger partial charge is 0.348 e. The summed E-state index contributed by atoms with van der Waals surface area (Å²) in [5, 5.41) is 0.673. The zero-order valence-electron chi connectivity index (χ0n) is 15.7. The zero-order chi connectivity index (χ0) is 20.3. The number of aryl methyl sites for hydroxylation is 2. The molecule has 0 amide bonds. The predicted molar refractivity (Wildman–Crippen MR) is 112 cm³/mol. The van der Waals surface area contributed by atoms with E-state index in [0.29, 0.717) is 32.3 Å². The number of halogens is 1. The molecule has 0 unspecified atom stereocenters. The first-order chi connectivity index (χ1) is 13.4. The number of hydrogen-bond donors (Lipinski definition) is 1. The lowest BCUT2D eigenvalue weighted by Crippen LogP contribution is -2.11. The lowest BCUT2D eigenvalue weighted by atomic mass is 10.1. The molecular weight excluding hydrogens is 400 g/mol. The van der Waals surface area contributed by atoms with Crippen LogP contribution in [0.1, 0.15) is 32.2 Å². The minimum atomic E-state index is -0.500. The van der Waals surface area contributed by atoms with Crippen LogP contribution < -0.4 is 5.56 Å². The lowest BCUT2D eigenvalue weighted by molar-refractivity contribution is 0.0393. The summed E-state index contributed by atoms with van der Waals surface area (Å²) in [6, 6.07) is 7.80. The number of fused-ring (bicyclic) bond motifs is 1. The lowest BCUT2D eigenvalue weighted by Gasteiger charge is -2.02. The van der Waals surface area contributed by atoms with Gasteiger partial charge in [0.15, 0.2) is 5.82 Å². The van der Waals surface area contributed by atoms with Gasteiger partial charge in [0.1, 0.15) is 16.3 Å². The molecule has 0 saturated carbocycles. The van der Waals surface area contributed by atoms with Gasteiger partial charge in [-0.2, -0.15) is 0 Å². The number of nitrogens with one attached hydrogen (secondary N) is 1. The van der Waals surface area contributed by atoms with Gasteiger partial charge in [0.05, 0.1) is 17.0 Å². The standard InChI is InChI=1S/C20H19ClN2O4S/c1-11-5-4-6-13(9-11)10-14(21)17-22-18(24)15-12(2)16(28-19(15)23-17)20(25)27-8-7-26-3/h4-6,9-10H,7-8H2,1-3H3,(H,22,23,24)/b14-10-. The van der Waals surface area contributed by atoms with Crippen LogP contribution in [0, 0.1) is 13.8 Å². The SMILES string of the molecule is COCCOC(=O)c1sc2nc(/C(Cl)=C/c3cccc(C)c3)[nH]c(=O)c2c1C. The molecule has 0 radical (unpaired) electrons. The number of methoxy groups -OCH3 is 1. The third kappa shape index (κ3) is 4.32. The van der Waals surface area contributed by atoms with Gasteiger partial charge in [-0.1, -0.05) is 41.4 Å². The Morgan fingerprint density at radius 1 is 1.32 bits per heavy atom. The number of H-pyrrole nitrogens is 1. The molecule has 146 valence electrons. The van der Waals surface area contributed by atoms with Gasteiger partial charge in [-0.15, -0.1) is 11.3 Å². The van der Waals surface area contributed by atoms with Crippen LogP contribution >= 0.6 is 22.9 Å². The van der Waals surface area contributed by atoms with Crippen molar-refractivity contribution in [3.05, 3.63) is 62.0 Å². The maximum Gasteiger partial charge on any atom is 0.348 e. The summed E-state index contributed by atoms with van der Waals surface area (Å²) in [6.07, 6.45) is 1.74. The van der Waals surface area contributed by atoms with Gasteiger partial charge < -0.3 is 14.5 Å². The van der Waals surface area contributed by atoms with Crippen molar-refractivity contribution in [3.8, 4) is 0 Å². The number of thiophene rings is 1. The number of ether oxygens (including phenoxy) is 2. The van der Waals surface area contributed by atoms with E-state index in [2.05, 4.69) is 9.97 Å². The van der Waals surface area contributed by atoms with Crippen LogP contribution in [0.2, 0.25) is 0 Å². The monoisotopic (exact) mass is 418 g/mol. The molecule has 6 nitrogen and oxygen atoms in total. The largest absolute Gasteiger partial charge is 0.459 e. The Morgan fingerprint density at radius 3 is 2.82 bits per heavy atom. The van der Waals surface area contributed by atoms with Crippen LogP contribution in [0.25, 0.3) is 21.3 Å². The van der Waals surface area contributed by atoms with Crippen molar-refractivity contribution < 1.29 is 14.3 Å². The fraction of sp³-hybridized carbons (Fsp3) is 0.250. The second-order valence-corrected chi connectivity index (χ2v) is 7.59. The fourth-order valence-electron chi connectivity index (χ4n) is 2.71. The van der Waals surface area contributed by atoms with Gasteiger partial charge in [-0.05, 0) is 31.1 Å². The van der Waals surface area contributed by atoms with Crippen molar-refractivity contribution in [2.75, 3.05) is 20.3 Å². The van der Waals surface area contributed by atoms with Crippen molar-refractivity contribution in [2.45, 2.75) is 13.8 Å². The second-order valence-electron chi connectivity index (χ2n) is 6.19. The van der Waals surface area contributed by atoms with E-state index < -0.39 is 5.97 Å². The highest BCUT2D eigenvalue weighted by Crippen LogP contribution is 2.29. The molecule has 1 aromatic carbocycles. The number of hydrogen-bond acceptors (Lipinski definition) is 6. The van der Waals surface area contributed by atoms with Gasteiger partial charge >= 0.3 is 5.97 Å². The molecule has 2 heterocycles. The molecule has 2 aromatic heterocycles. The summed E-state index contributed by atoms with van der Waals surface area (Å²) < 4.78 is 10.0. The summed E-state index contributed by atoms with van der Waals surface area (Å²) >= 11 is 7.50. The minimum absolute atomic E-state index is 0.142. The molecule has 3 aromatic rings. The third-order valence-corrected chi connectivity index (χ3v) is 5.52. The Balaban J connectivity index is 1.98. The van der Waals surface area contributed by atoms with E-state index in [-0.39, 0.29) is 18.0 Å². The molecule has 8 heteroatoms. The van der Waals surface area contributed by atoms with Gasteiger partial charge in [0.2, 0.25) is 0 Å². The molecule has 28 heavy (non-hydrogen) atoms. The highest BCUT2D eigenvalue weighted by molar-refractivity contribution is 7.20. The number of carbonyl (C=O) groups is 1. The van der Waals surface area contributed by atoms with Crippen LogP contribution in [0.15, 0.2) is 29.1 Å². The Bertz CT molecular complexity index is 1120. The molecule has 3 rings (SSSR count). The first kappa shape index (κ1) is 20.3. The van der Waals surface area contributed by atoms with Crippen molar-refractivity contribution in [2.24, 2.45) is 0 Å². The van der Waals surface area contributed by atoms with Gasteiger partial charge in [-0.25, -0.2) is 9.78 Å². The molecule has 0 bridgehead atoms. The number of aromatic nitrogens is 2. The molecule has 1 N–H and O–H groups in total. The van der Waals surface area contributed by atoms with Gasteiger partial charge in [0, 0.05) is 7.11 Å². The van der Waals surface area contributed by atoms with Gasteiger partial charge in [-0.3, -0.25) is 4.79 Å². The van der Waals surface area contributed by atoms with E-state index in [1.807, 2.05) is 31.2 Å². The first-order valence-corrected chi connectivity index (χ1v) is 9.74. The number of nitrogens with zero attached hydrogens (tertiary/aromatic N) is 1. The molecule has 0 saturated heterocycles. The van der Waals surface area contributed by atoms with E-state index in [0.717, 1.165) is 22.5 Å². The highest BCUT2D eigenvalue weighted by atomic mass is 35.5. The van der Waals surface area contributed by atoms with Crippen molar-refractivity contribution >= 4 is 50.2 Å². The Kier molecular flexibility index (Phi) is 6.28. The van der Waals surface area contributed by atoms with Crippen molar-refractivity contribution in [1.82, 2.24) is 9.97 Å². The summed E-state index contributed by atoms with van der Waals surface area (Å²) in [4.78, 5) is 32.8. The van der Waals surface area contributed by atoms with Gasteiger partial charge in [0.25, 0.3) is 5.56 Å². The van der Waals surface area contributed by atoms with Crippen LogP contribution in [0.4, 0.5) is 0 Å². The van der Waals surface area contributed by atoms with Crippen LogP contribution in [0.5, 0.6) is 0 Å². The average molecular weight is 419 g/mol. The first-order valence-electron chi connectivity index (χ1n) is 8.54. The van der Waals surface area contributed by atoms with E-state index >= 15 is 0 Å². The van der Waals surface area contributed by atoms with Crippen LogP contribution in [0.3, 0.4) is 0 Å². The van der Waals surface area contributed by atoms with Crippen molar-refractivity contribution in [1.29, 1.82) is 0 Å². The Labute approximate surface area is 170 Å². The van der Waals surface area contributed by atoms with E-state index in [1.165, 1.54) is 7.11 Å².